The molecule has 2 aliphatic rings. The van der Waals surface area contributed by atoms with Crippen LogP contribution >= 0.6 is 0 Å². The van der Waals surface area contributed by atoms with E-state index in [9.17, 15) is 4.79 Å². The number of hydrogen-bond donors (Lipinski definition) is 2. The fourth-order valence-electron chi connectivity index (χ4n) is 2.39. The van der Waals surface area contributed by atoms with E-state index in [0.29, 0.717) is 17.3 Å². The lowest BCUT2D eigenvalue weighted by molar-refractivity contribution is 0.0697. The van der Waals surface area contributed by atoms with Gasteiger partial charge in [-0.05, 0) is 36.1 Å². The van der Waals surface area contributed by atoms with E-state index >= 15 is 0 Å². The summed E-state index contributed by atoms with van der Waals surface area (Å²) in [5, 5.41) is 8.96. The molecule has 4 heteroatoms. The minimum atomic E-state index is -0.903. The van der Waals surface area contributed by atoms with Gasteiger partial charge in [-0.1, -0.05) is 0 Å². The molecule has 0 aromatic heterocycles. The van der Waals surface area contributed by atoms with Crippen LogP contribution in [0.4, 0.5) is 5.69 Å². The summed E-state index contributed by atoms with van der Waals surface area (Å²) in [6, 6.07) is 4.02. The molecule has 0 spiro atoms. The molecule has 0 amide bonds. The lowest BCUT2D eigenvalue weighted by Gasteiger charge is -2.12. The highest BCUT2D eigenvalue weighted by Crippen LogP contribution is 2.37. The summed E-state index contributed by atoms with van der Waals surface area (Å²) in [6.45, 7) is 1.73. The van der Waals surface area contributed by atoms with E-state index < -0.39 is 5.97 Å². The maximum Gasteiger partial charge on any atom is 0.335 e. The number of carboxylic acid groups (broad SMARTS) is 1. The number of anilines is 1. The zero-order chi connectivity index (χ0) is 11.3. The van der Waals surface area contributed by atoms with Gasteiger partial charge in [0.1, 0.15) is 0 Å². The first-order chi connectivity index (χ1) is 7.65. The van der Waals surface area contributed by atoms with E-state index in [1.807, 2.05) is 0 Å². The Labute approximate surface area is 93.7 Å². The van der Waals surface area contributed by atoms with Crippen molar-refractivity contribution >= 4 is 11.7 Å². The number of nitrogens with zero attached hydrogens (tertiary/aromatic N) is 1. The molecule has 1 aliphatic carbocycles. The molecular weight excluding hydrogens is 204 g/mol. The van der Waals surface area contributed by atoms with Gasteiger partial charge >= 0.3 is 5.97 Å². The Morgan fingerprint density at radius 3 is 2.75 bits per heavy atom. The smallest absolute Gasteiger partial charge is 0.335 e. The zero-order valence-corrected chi connectivity index (χ0v) is 8.94. The van der Waals surface area contributed by atoms with Crippen molar-refractivity contribution in [2.24, 2.45) is 0 Å². The van der Waals surface area contributed by atoms with Crippen molar-refractivity contribution in [3.05, 3.63) is 28.8 Å². The standard InChI is InChI=1S/C12H14N2O2/c13-11-4-7(12(15)16)3-8-5-14(6-10(8)11)9-1-2-9/h3-4,9H,1-2,5-6,13H2,(H,15,16). The summed E-state index contributed by atoms with van der Waals surface area (Å²) in [5.74, 6) is -0.903. The van der Waals surface area contributed by atoms with Crippen LogP contribution in [-0.2, 0) is 13.1 Å². The molecule has 0 saturated heterocycles. The largest absolute Gasteiger partial charge is 0.478 e. The first kappa shape index (κ1) is 9.66. The van der Waals surface area contributed by atoms with Gasteiger partial charge in [-0.15, -0.1) is 0 Å². The molecule has 0 radical (unpaired) electrons. The van der Waals surface area contributed by atoms with E-state index in [0.717, 1.165) is 24.2 Å². The number of carbonyl (C=O) groups is 1. The van der Waals surface area contributed by atoms with Crippen molar-refractivity contribution in [1.29, 1.82) is 0 Å². The number of aromatic carboxylic acids is 1. The fourth-order valence-corrected chi connectivity index (χ4v) is 2.39. The van der Waals surface area contributed by atoms with Crippen LogP contribution in [0.3, 0.4) is 0 Å². The first-order valence-corrected chi connectivity index (χ1v) is 5.54. The summed E-state index contributed by atoms with van der Waals surface area (Å²) < 4.78 is 0. The lowest BCUT2D eigenvalue weighted by Crippen LogP contribution is -2.18. The second-order valence-electron chi connectivity index (χ2n) is 4.64. The van der Waals surface area contributed by atoms with E-state index in [1.165, 1.54) is 12.8 Å². The molecule has 1 aromatic rings. The summed E-state index contributed by atoms with van der Waals surface area (Å²) in [4.78, 5) is 13.3. The van der Waals surface area contributed by atoms with E-state index in [4.69, 9.17) is 10.8 Å². The molecule has 0 bridgehead atoms. The number of benzene rings is 1. The molecule has 3 rings (SSSR count). The van der Waals surface area contributed by atoms with Gasteiger partial charge in [0.2, 0.25) is 0 Å². The van der Waals surface area contributed by atoms with Crippen LogP contribution in [0.5, 0.6) is 0 Å². The Kier molecular flexibility index (Phi) is 1.94. The molecule has 1 saturated carbocycles. The van der Waals surface area contributed by atoms with Crippen molar-refractivity contribution < 1.29 is 9.90 Å². The topological polar surface area (TPSA) is 66.6 Å². The zero-order valence-electron chi connectivity index (χ0n) is 8.94. The molecule has 0 atom stereocenters. The Morgan fingerprint density at radius 1 is 1.38 bits per heavy atom. The molecule has 84 valence electrons. The van der Waals surface area contributed by atoms with Gasteiger partial charge in [-0.3, -0.25) is 4.90 Å². The third kappa shape index (κ3) is 1.46. The maximum absolute atomic E-state index is 10.9. The van der Waals surface area contributed by atoms with Gasteiger partial charge in [-0.2, -0.15) is 0 Å². The van der Waals surface area contributed by atoms with Crippen LogP contribution in [0.2, 0.25) is 0 Å². The van der Waals surface area contributed by atoms with E-state index in [1.54, 1.807) is 12.1 Å². The van der Waals surface area contributed by atoms with Crippen LogP contribution in [0.15, 0.2) is 12.1 Å². The van der Waals surface area contributed by atoms with Crippen molar-refractivity contribution in [2.75, 3.05) is 5.73 Å². The Hall–Kier alpha value is -1.55. The average Bonchev–Trinajstić information content (AvgIpc) is 2.98. The lowest BCUT2D eigenvalue weighted by atomic mass is 10.0. The maximum atomic E-state index is 10.9. The first-order valence-electron chi connectivity index (χ1n) is 5.54. The number of hydrogen-bond acceptors (Lipinski definition) is 3. The summed E-state index contributed by atoms with van der Waals surface area (Å²) >= 11 is 0. The Morgan fingerprint density at radius 2 is 2.12 bits per heavy atom. The van der Waals surface area contributed by atoms with Crippen molar-refractivity contribution in [2.45, 2.75) is 32.0 Å². The van der Waals surface area contributed by atoms with Gasteiger partial charge in [0.05, 0.1) is 5.56 Å². The number of fused-ring (bicyclic) bond motifs is 1. The van der Waals surface area contributed by atoms with Crippen molar-refractivity contribution in [3.63, 3.8) is 0 Å². The van der Waals surface area contributed by atoms with E-state index in [-0.39, 0.29) is 0 Å². The van der Waals surface area contributed by atoms with Gasteiger partial charge < -0.3 is 10.8 Å². The summed E-state index contributed by atoms with van der Waals surface area (Å²) in [7, 11) is 0. The molecule has 4 nitrogen and oxygen atoms in total. The second-order valence-corrected chi connectivity index (χ2v) is 4.64. The van der Waals surface area contributed by atoms with Gasteiger partial charge in [0.15, 0.2) is 0 Å². The predicted octanol–water partition coefficient (Wildman–Crippen LogP) is 1.45. The number of carboxylic acids is 1. The quantitative estimate of drug-likeness (QED) is 0.737. The molecule has 16 heavy (non-hydrogen) atoms. The van der Waals surface area contributed by atoms with Crippen LogP contribution in [0.1, 0.15) is 34.3 Å². The monoisotopic (exact) mass is 218 g/mol. The number of nitrogen functional groups attached to an aromatic ring is 1. The molecule has 1 aromatic carbocycles. The van der Waals surface area contributed by atoms with E-state index in [2.05, 4.69) is 4.90 Å². The van der Waals surface area contributed by atoms with Crippen molar-refractivity contribution in [1.82, 2.24) is 4.90 Å². The average molecular weight is 218 g/mol. The minimum absolute atomic E-state index is 0.300. The van der Waals surface area contributed by atoms with Gasteiger partial charge in [-0.25, -0.2) is 4.79 Å². The fraction of sp³-hybridized carbons (Fsp3) is 0.417. The molecule has 0 unspecified atom stereocenters. The second kappa shape index (κ2) is 3.22. The Bertz CT molecular complexity index is 466. The number of rotatable bonds is 2. The Balaban J connectivity index is 1.97. The SMILES string of the molecule is Nc1cc(C(=O)O)cc2c1CN(C1CC1)C2. The highest BCUT2D eigenvalue weighted by atomic mass is 16.4. The van der Waals surface area contributed by atoms with Crippen LogP contribution in [0.25, 0.3) is 0 Å². The highest BCUT2D eigenvalue weighted by molar-refractivity contribution is 5.89. The van der Waals surface area contributed by atoms with Crippen LogP contribution < -0.4 is 5.73 Å². The third-order valence-electron chi connectivity index (χ3n) is 3.42. The van der Waals surface area contributed by atoms with Gasteiger partial charge in [0, 0.05) is 24.8 Å². The molecule has 3 N–H and O–H groups in total. The van der Waals surface area contributed by atoms with Gasteiger partial charge in [0.25, 0.3) is 0 Å². The summed E-state index contributed by atoms with van der Waals surface area (Å²) in [6.07, 6.45) is 2.53. The molecule has 1 fully saturated rings. The van der Waals surface area contributed by atoms with Crippen LogP contribution in [-0.4, -0.2) is 22.0 Å². The summed E-state index contributed by atoms with van der Waals surface area (Å²) in [5.41, 5.74) is 9.04. The van der Waals surface area contributed by atoms with Crippen molar-refractivity contribution in [3.8, 4) is 0 Å². The molecule has 1 heterocycles. The number of nitrogens with two attached hydrogens (primary N) is 1. The predicted molar refractivity (Wildman–Crippen MR) is 60.1 cm³/mol. The highest BCUT2D eigenvalue weighted by Gasteiger charge is 2.34. The minimum Gasteiger partial charge on any atom is -0.478 e. The normalized spacial score (nSPS) is 19.8. The third-order valence-corrected chi connectivity index (χ3v) is 3.42. The molecule has 1 aliphatic heterocycles. The molecular formula is C12H14N2O2. The van der Waals surface area contributed by atoms with Crippen LogP contribution in [0, 0.1) is 0 Å².